The number of aliphatic carboxylic acids is 1. The second-order valence-corrected chi connectivity index (χ2v) is 13.1. The molecule has 2 unspecified atom stereocenters. The molecule has 3 aliphatic heterocycles. The van der Waals surface area contributed by atoms with Gasteiger partial charge in [0, 0.05) is 38.2 Å². The van der Waals surface area contributed by atoms with Crippen LogP contribution in [-0.4, -0.2) is 134 Å². The molecule has 0 bridgehead atoms. The first-order valence-corrected chi connectivity index (χ1v) is 16.6. The van der Waals surface area contributed by atoms with E-state index in [1.54, 1.807) is 6.92 Å². The molecular formula is C26H27N10NaO11S2. The fraction of sp³-hybridized carbons (Fsp3) is 0.385. The Morgan fingerprint density at radius 3 is 2.50 bits per heavy atom. The van der Waals surface area contributed by atoms with Gasteiger partial charge in [-0.3, -0.25) is 38.0 Å². The Morgan fingerprint density at radius 1 is 1.18 bits per heavy atom. The number of carboxylic acids is 1. The van der Waals surface area contributed by atoms with E-state index in [4.69, 9.17) is 0 Å². The number of benzene rings is 1. The summed E-state index contributed by atoms with van der Waals surface area (Å²) in [6.45, 7) is 1.59. The number of hydrogen-bond acceptors (Lipinski definition) is 15. The molecule has 2 saturated heterocycles. The molecule has 0 saturated carbocycles. The van der Waals surface area contributed by atoms with E-state index in [1.165, 1.54) is 16.6 Å². The van der Waals surface area contributed by atoms with Crippen LogP contribution in [0.5, 0.6) is 11.5 Å². The third kappa shape index (κ3) is 6.77. The number of phenols is 2. The monoisotopic (exact) mass is 742 g/mol. The molecule has 3 aliphatic rings. The van der Waals surface area contributed by atoms with E-state index < -0.39 is 86.5 Å². The van der Waals surface area contributed by atoms with Crippen molar-refractivity contribution in [3.8, 4) is 11.5 Å². The van der Waals surface area contributed by atoms with Gasteiger partial charge in [0.1, 0.15) is 6.04 Å². The predicted molar refractivity (Wildman–Crippen MR) is 160 cm³/mol. The van der Waals surface area contributed by atoms with Crippen LogP contribution in [0.2, 0.25) is 0 Å². The van der Waals surface area contributed by atoms with Gasteiger partial charge in [-0.2, -0.15) is 0 Å². The molecular weight excluding hydrogens is 715 g/mol. The number of rotatable bonds is 11. The van der Waals surface area contributed by atoms with Gasteiger partial charge < -0.3 is 41.0 Å². The summed E-state index contributed by atoms with van der Waals surface area (Å²) in [5, 5.41) is 48.4. The molecule has 21 nitrogen and oxygen atoms in total. The number of nitrogens with one attached hydrogen (secondary N) is 3. The van der Waals surface area contributed by atoms with E-state index >= 15 is 0 Å². The molecule has 50 heavy (non-hydrogen) atoms. The molecule has 7 amide bonds. The Kier molecular flexibility index (Phi) is 11.6. The number of tetrazole rings is 1. The number of fused-ring (bicyclic) bond motifs is 1. The maximum absolute atomic E-state index is 13.9. The third-order valence-electron chi connectivity index (χ3n) is 7.86. The van der Waals surface area contributed by atoms with Gasteiger partial charge in [0.15, 0.2) is 16.9 Å². The maximum atomic E-state index is 13.9. The number of aromatic hydroxyl groups is 2. The number of urea groups is 1. The fourth-order valence-electron chi connectivity index (χ4n) is 5.44. The first-order valence-electron chi connectivity index (χ1n) is 14.2. The average molecular weight is 743 g/mol. The summed E-state index contributed by atoms with van der Waals surface area (Å²) < 4.78 is 14.9. The number of aryl methyl sites for hydroxylation is 1. The zero-order valence-corrected chi connectivity index (χ0v) is 30.1. The predicted octanol–water partition coefficient (Wildman–Crippen LogP) is -7.65. The van der Waals surface area contributed by atoms with E-state index in [1.807, 2.05) is 0 Å². The number of phenolic OH excluding ortho intramolecular Hbond substituents is 2. The van der Waals surface area contributed by atoms with Crippen LogP contribution in [0.3, 0.4) is 0 Å². The molecule has 5 N–H and O–H groups in total. The first-order chi connectivity index (χ1) is 23.2. The Balaban J connectivity index is 0.00000562. The molecule has 1 aromatic carbocycles. The Hall–Kier alpha value is -4.58. The van der Waals surface area contributed by atoms with Crippen LogP contribution < -0.4 is 50.6 Å². The molecule has 0 aliphatic carbocycles. The number of carboxylic acid groups (broad SMARTS) is 1. The SMILES string of the molecule is CCN1CCN(C(=O)NC(C(=O)N[C@]2(NC=O)C(=O)N3C(C(=O)[O-])=C(CSc4nnnn4C)CS(=O)[C@H]32)c2ccc(O)c(O)c2)C(=O)C1=O.[Na+]. The minimum Gasteiger partial charge on any atom is -0.543 e. The van der Waals surface area contributed by atoms with E-state index in [0.29, 0.717) is 9.80 Å². The van der Waals surface area contributed by atoms with Gasteiger partial charge in [0.05, 0.1) is 22.5 Å². The minimum absolute atomic E-state index is 0. The van der Waals surface area contributed by atoms with Crippen molar-refractivity contribution >= 4 is 64.6 Å². The number of carbonyl (C=O) groups is 7. The minimum atomic E-state index is -2.50. The van der Waals surface area contributed by atoms with Crippen molar-refractivity contribution in [3.63, 3.8) is 0 Å². The van der Waals surface area contributed by atoms with Gasteiger partial charge in [-0.1, -0.05) is 17.8 Å². The molecule has 4 heterocycles. The Bertz CT molecular complexity index is 1840. The Labute approximate surface area is 310 Å². The number of likely N-dealkylation sites (N-methyl/N-ethyl adjacent to an activating group) is 1. The normalized spacial score (nSPS) is 22.2. The number of imide groups is 1. The fourth-order valence-corrected chi connectivity index (χ4v) is 8.22. The van der Waals surface area contributed by atoms with Crippen molar-refractivity contribution in [2.45, 2.75) is 29.2 Å². The van der Waals surface area contributed by atoms with Crippen LogP contribution in [0.4, 0.5) is 4.79 Å². The standard InChI is InChI=1S/C26H28N10O11S2.Na/c1-3-34-6-7-35(20(42)19(34)41)24(46)28-16(12-4-5-14(38)15(39)8-12)18(40)29-26(27-11-37)22(45)36-17(21(43)44)13(10-49(47)23(26)36)9-48-25-30-31-32-33(25)2;/h4-5,8,11,16,23,38-39H,3,6-7,9-10H2,1-2H3,(H,27,37)(H,28,46)(H,29,40)(H,43,44);/q;+1/p-1/t16?,23-,26+,49?;/m0./s1. The van der Waals surface area contributed by atoms with Crippen molar-refractivity contribution in [1.82, 2.24) is 50.9 Å². The van der Waals surface area contributed by atoms with Crippen LogP contribution in [0, 0.1) is 0 Å². The van der Waals surface area contributed by atoms with E-state index in [2.05, 4.69) is 31.5 Å². The quantitative estimate of drug-likeness (QED) is 0.0272. The number of piperazine rings is 1. The number of amides is 7. The second-order valence-electron chi connectivity index (χ2n) is 10.7. The second kappa shape index (κ2) is 15.1. The number of thioether (sulfide) groups is 1. The zero-order valence-electron chi connectivity index (χ0n) is 26.5. The van der Waals surface area contributed by atoms with Gasteiger partial charge in [-0.15, -0.1) is 5.10 Å². The summed E-state index contributed by atoms with van der Waals surface area (Å²) in [5.41, 5.74) is -3.32. The summed E-state index contributed by atoms with van der Waals surface area (Å²) in [7, 11) is -0.623. The van der Waals surface area contributed by atoms with Crippen LogP contribution in [0.25, 0.3) is 0 Å². The molecule has 2 fully saturated rings. The van der Waals surface area contributed by atoms with Gasteiger partial charge in [0.25, 0.3) is 5.91 Å². The van der Waals surface area contributed by atoms with Crippen LogP contribution in [-0.2, 0) is 46.6 Å². The van der Waals surface area contributed by atoms with Crippen molar-refractivity contribution in [1.29, 1.82) is 0 Å². The van der Waals surface area contributed by atoms with Crippen LogP contribution in [0.15, 0.2) is 34.6 Å². The van der Waals surface area contributed by atoms with E-state index in [0.717, 1.165) is 30.0 Å². The van der Waals surface area contributed by atoms with E-state index in [-0.39, 0.29) is 77.6 Å². The maximum Gasteiger partial charge on any atom is 1.00 e. The molecule has 2 aromatic rings. The van der Waals surface area contributed by atoms with Crippen molar-refractivity contribution in [2.75, 3.05) is 31.1 Å². The zero-order chi connectivity index (χ0) is 35.8. The van der Waals surface area contributed by atoms with Gasteiger partial charge in [-0.05, 0) is 40.6 Å². The van der Waals surface area contributed by atoms with Crippen molar-refractivity contribution in [2.24, 2.45) is 7.05 Å². The van der Waals surface area contributed by atoms with Gasteiger partial charge >= 0.3 is 47.4 Å². The van der Waals surface area contributed by atoms with E-state index in [9.17, 15) is 53.1 Å². The summed E-state index contributed by atoms with van der Waals surface area (Å²) in [6.07, 6.45) is 0.0129. The van der Waals surface area contributed by atoms with Crippen LogP contribution >= 0.6 is 11.8 Å². The summed E-state index contributed by atoms with van der Waals surface area (Å²) in [6, 6.07) is -0.112. The van der Waals surface area contributed by atoms with Gasteiger partial charge in [-0.25, -0.2) is 9.48 Å². The molecule has 1 aromatic heterocycles. The molecule has 0 radical (unpaired) electrons. The summed E-state index contributed by atoms with van der Waals surface area (Å²) in [5.74, 6) is -8.32. The van der Waals surface area contributed by atoms with Crippen LogP contribution in [0.1, 0.15) is 18.5 Å². The topological polar surface area (TPSA) is 289 Å². The van der Waals surface area contributed by atoms with Gasteiger partial charge in [0.2, 0.25) is 23.1 Å². The first kappa shape index (κ1) is 38.2. The number of β-lactam (4-membered cyclic amide) rings is 1. The smallest absolute Gasteiger partial charge is 0.543 e. The molecule has 5 rings (SSSR count). The summed E-state index contributed by atoms with van der Waals surface area (Å²) in [4.78, 5) is 92.4. The molecule has 24 heteroatoms. The molecule has 260 valence electrons. The molecule has 4 atom stereocenters. The average Bonchev–Trinajstić information content (AvgIpc) is 3.48. The number of nitrogens with zero attached hydrogens (tertiary/aromatic N) is 7. The largest absolute Gasteiger partial charge is 1.00 e. The third-order valence-corrected chi connectivity index (χ3v) is 10.7. The summed E-state index contributed by atoms with van der Waals surface area (Å²) >= 11 is 0.989. The molecule has 0 spiro atoms. The van der Waals surface area contributed by atoms with Crippen molar-refractivity contribution < 1.29 is 82.6 Å². The number of aromatic nitrogens is 4. The Morgan fingerprint density at radius 2 is 1.90 bits per heavy atom. The number of hydrogen-bond donors (Lipinski definition) is 5. The van der Waals surface area contributed by atoms with Crippen molar-refractivity contribution in [3.05, 3.63) is 35.0 Å². The number of carbonyl (C=O) groups excluding carboxylic acids is 7.